The Morgan fingerprint density at radius 2 is 2.04 bits per heavy atom. The number of benzene rings is 1. The third kappa shape index (κ3) is 4.50. The predicted octanol–water partition coefficient (Wildman–Crippen LogP) is 3.70. The van der Waals surface area contributed by atoms with Crippen LogP contribution in [0.2, 0.25) is 10.0 Å². The Bertz CT molecular complexity index is 722. The van der Waals surface area contributed by atoms with Crippen LogP contribution in [0.1, 0.15) is 12.0 Å². The molecule has 0 aliphatic heterocycles. The molecule has 2 rings (SSSR count). The van der Waals surface area contributed by atoms with Crippen molar-refractivity contribution in [3.8, 4) is 0 Å². The van der Waals surface area contributed by atoms with Crippen molar-refractivity contribution in [2.45, 2.75) is 19.5 Å². The summed E-state index contributed by atoms with van der Waals surface area (Å²) in [6, 6.07) is 3.76. The molecule has 0 bridgehead atoms. The second-order valence-corrected chi connectivity index (χ2v) is 6.53. The molecule has 124 valence electrons. The van der Waals surface area contributed by atoms with Crippen LogP contribution in [-0.2, 0) is 17.9 Å². The Morgan fingerprint density at radius 1 is 1.35 bits per heavy atom. The number of hydrogen-bond donors (Lipinski definition) is 1. The lowest BCUT2D eigenvalue weighted by Crippen LogP contribution is -2.24. The number of carbonyl (C=O) groups is 1. The minimum atomic E-state index is 0.000898. The van der Waals surface area contributed by atoms with Crippen LogP contribution < -0.4 is 5.32 Å². The minimum Gasteiger partial charge on any atom is -0.353 e. The summed E-state index contributed by atoms with van der Waals surface area (Å²) in [4.78, 5) is 13.9. The van der Waals surface area contributed by atoms with Gasteiger partial charge in [-0.15, -0.1) is 6.58 Å². The molecular formula is C17H21Cl2N3O. The summed E-state index contributed by atoms with van der Waals surface area (Å²) in [6.45, 7) is 5.46. The maximum atomic E-state index is 11.8. The van der Waals surface area contributed by atoms with E-state index in [4.69, 9.17) is 23.2 Å². The van der Waals surface area contributed by atoms with Crippen LogP contribution in [0.3, 0.4) is 0 Å². The van der Waals surface area contributed by atoms with Crippen molar-refractivity contribution in [2.24, 2.45) is 0 Å². The first-order valence-electron chi connectivity index (χ1n) is 7.41. The van der Waals surface area contributed by atoms with Gasteiger partial charge in [0.1, 0.15) is 0 Å². The van der Waals surface area contributed by atoms with E-state index in [9.17, 15) is 4.79 Å². The fourth-order valence-electron chi connectivity index (χ4n) is 2.51. The summed E-state index contributed by atoms with van der Waals surface area (Å²) in [5, 5.41) is 4.92. The number of aryl methyl sites for hydroxylation is 1. The van der Waals surface area contributed by atoms with Gasteiger partial charge in [0.25, 0.3) is 0 Å². The molecule has 0 saturated heterocycles. The van der Waals surface area contributed by atoms with E-state index >= 15 is 0 Å². The van der Waals surface area contributed by atoms with E-state index in [1.54, 1.807) is 6.08 Å². The Balaban J connectivity index is 2.29. The molecule has 0 unspecified atom stereocenters. The highest BCUT2D eigenvalue weighted by Gasteiger charge is 2.13. The minimum absolute atomic E-state index is 0.000898. The summed E-state index contributed by atoms with van der Waals surface area (Å²) < 4.78 is 2.06. The maximum absolute atomic E-state index is 11.8. The molecule has 0 atom stereocenters. The first kappa shape index (κ1) is 17.9. The molecule has 2 aromatic rings. The molecule has 0 fully saturated rings. The molecule has 4 nitrogen and oxygen atoms in total. The lowest BCUT2D eigenvalue weighted by Gasteiger charge is -2.08. The quantitative estimate of drug-likeness (QED) is 0.770. The molecule has 0 aliphatic carbocycles. The van der Waals surface area contributed by atoms with Gasteiger partial charge in [-0.3, -0.25) is 4.79 Å². The van der Waals surface area contributed by atoms with E-state index in [0.29, 0.717) is 29.6 Å². The highest BCUT2D eigenvalue weighted by atomic mass is 35.5. The molecule has 23 heavy (non-hydrogen) atoms. The van der Waals surface area contributed by atoms with Crippen LogP contribution in [0.4, 0.5) is 0 Å². The van der Waals surface area contributed by atoms with Gasteiger partial charge >= 0.3 is 0 Å². The van der Waals surface area contributed by atoms with E-state index in [1.807, 2.05) is 26.2 Å². The predicted molar refractivity (Wildman–Crippen MR) is 97.2 cm³/mol. The summed E-state index contributed by atoms with van der Waals surface area (Å²) >= 11 is 12.3. The molecule has 1 N–H and O–H groups in total. The number of halogens is 2. The van der Waals surface area contributed by atoms with Crippen molar-refractivity contribution in [1.82, 2.24) is 14.8 Å². The number of aromatic nitrogens is 1. The summed E-state index contributed by atoms with van der Waals surface area (Å²) in [6.07, 6.45) is 4.14. The van der Waals surface area contributed by atoms with E-state index in [2.05, 4.69) is 27.6 Å². The molecule has 0 aliphatic rings. The van der Waals surface area contributed by atoms with Crippen LogP contribution in [0, 0.1) is 0 Å². The van der Waals surface area contributed by atoms with Crippen molar-refractivity contribution in [2.75, 3.05) is 20.6 Å². The lowest BCUT2D eigenvalue weighted by atomic mass is 10.1. The zero-order chi connectivity index (χ0) is 17.0. The fraction of sp³-hybridized carbons (Fsp3) is 0.353. The smallest absolute Gasteiger partial charge is 0.222 e. The second-order valence-electron chi connectivity index (χ2n) is 5.71. The van der Waals surface area contributed by atoms with Crippen molar-refractivity contribution in [1.29, 1.82) is 0 Å². The number of nitrogens with one attached hydrogen (secondary N) is 1. The number of rotatable bonds is 7. The Hall–Kier alpha value is -1.49. The zero-order valence-electron chi connectivity index (χ0n) is 13.4. The molecule has 1 aromatic heterocycles. The lowest BCUT2D eigenvalue weighted by molar-refractivity contribution is -0.121. The molecule has 1 aromatic carbocycles. The van der Waals surface area contributed by atoms with Crippen LogP contribution in [-0.4, -0.2) is 36.0 Å². The van der Waals surface area contributed by atoms with Gasteiger partial charge in [0.2, 0.25) is 5.91 Å². The van der Waals surface area contributed by atoms with Crippen molar-refractivity contribution < 1.29 is 4.79 Å². The number of nitrogens with zero attached hydrogens (tertiary/aromatic N) is 2. The van der Waals surface area contributed by atoms with E-state index < -0.39 is 0 Å². The van der Waals surface area contributed by atoms with Crippen molar-refractivity contribution >= 4 is 40.0 Å². The van der Waals surface area contributed by atoms with E-state index in [-0.39, 0.29) is 5.91 Å². The highest BCUT2D eigenvalue weighted by Crippen LogP contribution is 2.31. The van der Waals surface area contributed by atoms with Gasteiger partial charge in [-0.25, -0.2) is 0 Å². The SMILES string of the molecule is C=CCNC(=O)CCn1cc(CN(C)C)c2cc(Cl)c(Cl)cc21. The van der Waals surface area contributed by atoms with Crippen molar-refractivity contribution in [3.63, 3.8) is 0 Å². The molecule has 0 saturated carbocycles. The Kier molecular flexibility index (Phi) is 6.10. The molecule has 1 heterocycles. The van der Waals surface area contributed by atoms with Crippen LogP contribution in [0.15, 0.2) is 31.0 Å². The van der Waals surface area contributed by atoms with Gasteiger partial charge in [-0.2, -0.15) is 0 Å². The number of amides is 1. The third-order valence-corrected chi connectivity index (χ3v) is 4.24. The first-order valence-corrected chi connectivity index (χ1v) is 8.17. The number of fused-ring (bicyclic) bond motifs is 1. The Labute approximate surface area is 146 Å². The van der Waals surface area contributed by atoms with Gasteiger partial charge in [-0.05, 0) is 31.8 Å². The van der Waals surface area contributed by atoms with Gasteiger partial charge in [0.05, 0.1) is 10.0 Å². The molecular weight excluding hydrogens is 333 g/mol. The van der Waals surface area contributed by atoms with Gasteiger partial charge in [0, 0.05) is 43.2 Å². The topological polar surface area (TPSA) is 37.3 Å². The van der Waals surface area contributed by atoms with Gasteiger partial charge in [-0.1, -0.05) is 29.3 Å². The number of carbonyl (C=O) groups excluding carboxylic acids is 1. The second kappa shape index (κ2) is 7.86. The summed E-state index contributed by atoms with van der Waals surface area (Å²) in [5.74, 6) is 0.000898. The largest absolute Gasteiger partial charge is 0.353 e. The normalized spacial score (nSPS) is 11.2. The summed E-state index contributed by atoms with van der Waals surface area (Å²) in [7, 11) is 4.03. The zero-order valence-corrected chi connectivity index (χ0v) is 14.9. The average Bonchev–Trinajstić information content (AvgIpc) is 2.80. The molecule has 0 radical (unpaired) electrons. The van der Waals surface area contributed by atoms with Crippen LogP contribution in [0.5, 0.6) is 0 Å². The average molecular weight is 354 g/mol. The van der Waals surface area contributed by atoms with E-state index in [0.717, 1.165) is 23.0 Å². The number of hydrogen-bond acceptors (Lipinski definition) is 2. The standard InChI is InChI=1S/C17H21Cl2N3O/c1-4-6-20-17(23)5-7-22-11-12(10-21(2)3)13-8-14(18)15(19)9-16(13)22/h4,8-9,11H,1,5-7,10H2,2-3H3,(H,20,23). The fourth-order valence-corrected chi connectivity index (χ4v) is 2.83. The maximum Gasteiger partial charge on any atom is 0.222 e. The third-order valence-electron chi connectivity index (χ3n) is 3.52. The highest BCUT2D eigenvalue weighted by molar-refractivity contribution is 6.42. The molecule has 0 spiro atoms. The summed E-state index contributed by atoms with van der Waals surface area (Å²) in [5.41, 5.74) is 2.16. The van der Waals surface area contributed by atoms with E-state index in [1.165, 1.54) is 0 Å². The van der Waals surface area contributed by atoms with Crippen molar-refractivity contribution in [3.05, 3.63) is 46.6 Å². The Morgan fingerprint density at radius 3 is 2.70 bits per heavy atom. The molecule has 1 amide bonds. The van der Waals surface area contributed by atoms with Gasteiger partial charge in [0.15, 0.2) is 0 Å². The molecule has 6 heteroatoms. The monoisotopic (exact) mass is 353 g/mol. The first-order chi connectivity index (χ1) is 10.9. The van der Waals surface area contributed by atoms with Gasteiger partial charge < -0.3 is 14.8 Å². The van der Waals surface area contributed by atoms with Crippen LogP contribution >= 0.6 is 23.2 Å². The van der Waals surface area contributed by atoms with Crippen LogP contribution in [0.25, 0.3) is 10.9 Å².